The van der Waals surface area contributed by atoms with Crippen molar-refractivity contribution >= 4 is 29.1 Å². The fourth-order valence-electron chi connectivity index (χ4n) is 4.51. The van der Waals surface area contributed by atoms with Crippen LogP contribution in [0, 0.1) is 18.8 Å². The lowest BCUT2D eigenvalue weighted by Crippen LogP contribution is -2.33. The van der Waals surface area contributed by atoms with Crippen molar-refractivity contribution in [1.29, 1.82) is 0 Å². The van der Waals surface area contributed by atoms with Crippen molar-refractivity contribution in [3.63, 3.8) is 0 Å². The summed E-state index contributed by atoms with van der Waals surface area (Å²) >= 11 is 6.23. The summed E-state index contributed by atoms with van der Waals surface area (Å²) in [6.45, 7) is 6.22. The Morgan fingerprint density at radius 2 is 2.00 bits per heavy atom. The molecule has 2 aliphatic rings. The number of aryl methyl sites for hydroxylation is 1. The number of aliphatic hydroxyl groups is 1. The molecule has 2 aromatic rings. The Hall–Kier alpha value is -2.45. The van der Waals surface area contributed by atoms with E-state index in [4.69, 9.17) is 11.6 Å². The molecule has 1 aromatic heterocycles. The minimum absolute atomic E-state index is 0.187. The molecule has 1 saturated carbocycles. The van der Waals surface area contributed by atoms with Crippen LogP contribution in [0.15, 0.2) is 18.2 Å². The lowest BCUT2D eigenvalue weighted by molar-refractivity contribution is -0.133. The topological polar surface area (TPSA) is 100 Å². The van der Waals surface area contributed by atoms with Crippen molar-refractivity contribution in [1.82, 2.24) is 19.7 Å². The first-order chi connectivity index (χ1) is 15.8. The minimum Gasteiger partial charge on any atom is -0.387 e. The number of rotatable bonds is 8. The molecule has 1 aliphatic heterocycles. The van der Waals surface area contributed by atoms with E-state index in [0.29, 0.717) is 29.2 Å². The van der Waals surface area contributed by atoms with E-state index < -0.39 is 12.5 Å². The van der Waals surface area contributed by atoms with Gasteiger partial charge in [0.25, 0.3) is 0 Å². The van der Waals surface area contributed by atoms with E-state index in [1.165, 1.54) is 0 Å². The first kappa shape index (κ1) is 23.7. The van der Waals surface area contributed by atoms with E-state index in [9.17, 15) is 14.7 Å². The van der Waals surface area contributed by atoms with Gasteiger partial charge in [0.15, 0.2) is 0 Å². The second kappa shape index (κ2) is 9.81. The van der Waals surface area contributed by atoms with Gasteiger partial charge in [-0.1, -0.05) is 31.5 Å². The van der Waals surface area contributed by atoms with Gasteiger partial charge in [-0.25, -0.2) is 0 Å². The van der Waals surface area contributed by atoms with Crippen LogP contribution in [0.4, 0.5) is 5.69 Å². The standard InChI is InChI=1S/C24H32ClN5O3/c1-14(2)7-10-21-27-28-23(30(21)16-8-9-16)17-11-29(22(32)13-31)12-18(17)24(33)26-20-6-4-5-19(25)15(20)3/h4-6,14,16-18,31H,7-13H2,1-3H3,(H,26,33)/t17-,18-/m0/s1. The Kier molecular flexibility index (Phi) is 7.05. The van der Waals surface area contributed by atoms with Gasteiger partial charge in [-0.2, -0.15) is 0 Å². The van der Waals surface area contributed by atoms with Gasteiger partial charge < -0.3 is 19.9 Å². The fourth-order valence-corrected chi connectivity index (χ4v) is 4.69. The Labute approximate surface area is 199 Å². The molecule has 1 aliphatic carbocycles. The summed E-state index contributed by atoms with van der Waals surface area (Å²) in [5.74, 6) is 0.922. The van der Waals surface area contributed by atoms with E-state index in [2.05, 4.69) is 33.9 Å². The van der Waals surface area contributed by atoms with Gasteiger partial charge in [0, 0.05) is 36.3 Å². The van der Waals surface area contributed by atoms with Crippen LogP contribution in [0.25, 0.3) is 0 Å². The molecule has 0 bridgehead atoms. The van der Waals surface area contributed by atoms with Crippen molar-refractivity contribution in [2.45, 2.75) is 58.4 Å². The molecular weight excluding hydrogens is 442 g/mol. The molecule has 9 heteroatoms. The zero-order valence-corrected chi connectivity index (χ0v) is 20.2. The van der Waals surface area contributed by atoms with E-state index >= 15 is 0 Å². The molecule has 2 heterocycles. The second-order valence-corrected chi connectivity index (χ2v) is 9.99. The lowest BCUT2D eigenvalue weighted by Gasteiger charge is -2.20. The number of anilines is 1. The van der Waals surface area contributed by atoms with E-state index in [1.807, 2.05) is 13.0 Å². The molecule has 1 aromatic carbocycles. The molecule has 0 radical (unpaired) electrons. The smallest absolute Gasteiger partial charge is 0.248 e. The molecule has 0 spiro atoms. The Balaban J connectivity index is 1.64. The lowest BCUT2D eigenvalue weighted by atomic mass is 9.93. The third-order valence-corrected chi connectivity index (χ3v) is 7.06. The van der Waals surface area contributed by atoms with Crippen LogP contribution >= 0.6 is 11.6 Å². The number of aromatic nitrogens is 3. The average molecular weight is 474 g/mol. The van der Waals surface area contributed by atoms with Gasteiger partial charge in [-0.15, -0.1) is 10.2 Å². The van der Waals surface area contributed by atoms with Crippen LogP contribution in [0.5, 0.6) is 0 Å². The number of amides is 2. The highest BCUT2D eigenvalue weighted by atomic mass is 35.5. The number of benzene rings is 1. The highest BCUT2D eigenvalue weighted by molar-refractivity contribution is 6.31. The summed E-state index contributed by atoms with van der Waals surface area (Å²) in [5.41, 5.74) is 1.45. The number of hydrogen-bond acceptors (Lipinski definition) is 5. The van der Waals surface area contributed by atoms with Crippen molar-refractivity contribution in [3.8, 4) is 0 Å². The minimum atomic E-state index is -0.580. The Morgan fingerprint density at radius 1 is 1.24 bits per heavy atom. The Bertz CT molecular complexity index is 1030. The van der Waals surface area contributed by atoms with E-state index in [-0.39, 0.29) is 24.3 Å². The van der Waals surface area contributed by atoms with Gasteiger partial charge in [0.2, 0.25) is 11.8 Å². The quantitative estimate of drug-likeness (QED) is 0.612. The molecule has 1 saturated heterocycles. The molecule has 4 rings (SSSR count). The van der Waals surface area contributed by atoms with Crippen molar-refractivity contribution in [2.24, 2.45) is 11.8 Å². The maximum absolute atomic E-state index is 13.4. The summed E-state index contributed by atoms with van der Waals surface area (Å²) < 4.78 is 2.21. The van der Waals surface area contributed by atoms with Crippen molar-refractivity contribution < 1.29 is 14.7 Å². The number of nitrogens with zero attached hydrogens (tertiary/aromatic N) is 4. The van der Waals surface area contributed by atoms with Crippen LogP contribution in [-0.2, 0) is 16.0 Å². The third kappa shape index (κ3) is 5.06. The number of likely N-dealkylation sites (tertiary alicyclic amines) is 1. The van der Waals surface area contributed by atoms with Crippen LogP contribution in [-0.4, -0.2) is 56.3 Å². The van der Waals surface area contributed by atoms with Crippen LogP contribution in [0.2, 0.25) is 5.02 Å². The van der Waals surface area contributed by atoms with Gasteiger partial charge >= 0.3 is 0 Å². The number of carbonyl (C=O) groups is 2. The zero-order chi connectivity index (χ0) is 23.7. The predicted molar refractivity (Wildman–Crippen MR) is 126 cm³/mol. The highest BCUT2D eigenvalue weighted by Gasteiger charge is 2.44. The molecule has 2 N–H and O–H groups in total. The SMILES string of the molecule is Cc1c(Cl)cccc1NC(=O)[C@H]1CN(C(=O)CO)C[C@@H]1c1nnc(CCC(C)C)n1C1CC1. The van der Waals surface area contributed by atoms with Gasteiger partial charge in [-0.3, -0.25) is 9.59 Å². The first-order valence-corrected chi connectivity index (χ1v) is 12.1. The molecule has 33 heavy (non-hydrogen) atoms. The zero-order valence-electron chi connectivity index (χ0n) is 19.4. The average Bonchev–Trinajstić information content (AvgIpc) is 3.38. The van der Waals surface area contributed by atoms with E-state index in [0.717, 1.165) is 42.9 Å². The summed E-state index contributed by atoms with van der Waals surface area (Å²) in [7, 11) is 0. The van der Waals surface area contributed by atoms with Crippen LogP contribution in [0.1, 0.15) is 62.3 Å². The summed E-state index contributed by atoms with van der Waals surface area (Å²) in [5, 5.41) is 22.0. The molecule has 2 fully saturated rings. The molecule has 2 atom stereocenters. The molecule has 2 amide bonds. The Morgan fingerprint density at radius 3 is 2.67 bits per heavy atom. The monoisotopic (exact) mass is 473 g/mol. The summed E-state index contributed by atoms with van der Waals surface area (Å²) in [6, 6.07) is 5.75. The van der Waals surface area contributed by atoms with Crippen molar-refractivity contribution in [2.75, 3.05) is 25.0 Å². The number of aliphatic hydroxyl groups excluding tert-OH is 1. The summed E-state index contributed by atoms with van der Waals surface area (Å²) in [6.07, 6.45) is 4.00. The van der Waals surface area contributed by atoms with E-state index in [1.54, 1.807) is 17.0 Å². The van der Waals surface area contributed by atoms with Crippen LogP contribution in [0.3, 0.4) is 0 Å². The molecule has 178 valence electrons. The predicted octanol–water partition coefficient (Wildman–Crippen LogP) is 3.34. The third-order valence-electron chi connectivity index (χ3n) is 6.65. The normalized spacial score (nSPS) is 20.5. The van der Waals surface area contributed by atoms with Gasteiger partial charge in [-0.05, 0) is 49.8 Å². The number of halogens is 1. The van der Waals surface area contributed by atoms with Crippen LogP contribution < -0.4 is 5.32 Å². The maximum atomic E-state index is 13.4. The van der Waals surface area contributed by atoms with Crippen molar-refractivity contribution in [3.05, 3.63) is 40.4 Å². The highest BCUT2D eigenvalue weighted by Crippen LogP contribution is 2.41. The molecular formula is C24H32ClN5O3. The molecule has 8 nitrogen and oxygen atoms in total. The number of nitrogens with one attached hydrogen (secondary N) is 1. The van der Waals surface area contributed by atoms with Gasteiger partial charge in [0.05, 0.1) is 11.8 Å². The largest absolute Gasteiger partial charge is 0.387 e. The second-order valence-electron chi connectivity index (χ2n) is 9.58. The fraction of sp³-hybridized carbons (Fsp3) is 0.583. The first-order valence-electron chi connectivity index (χ1n) is 11.7. The number of carbonyl (C=O) groups excluding carboxylic acids is 2. The van der Waals surface area contributed by atoms with Gasteiger partial charge in [0.1, 0.15) is 18.3 Å². The molecule has 0 unspecified atom stereocenters. The summed E-state index contributed by atoms with van der Waals surface area (Å²) in [4.78, 5) is 27.3. The number of hydrogen-bond donors (Lipinski definition) is 2. The maximum Gasteiger partial charge on any atom is 0.248 e.